The van der Waals surface area contributed by atoms with E-state index < -0.39 is 16.7 Å². The lowest BCUT2D eigenvalue weighted by Crippen LogP contribution is -2.36. The molecule has 2 heterocycles. The predicted octanol–water partition coefficient (Wildman–Crippen LogP) is 0.713. The van der Waals surface area contributed by atoms with Crippen LogP contribution in [-0.4, -0.2) is 64.0 Å². The Morgan fingerprint density at radius 1 is 1.15 bits per heavy atom. The number of benzene rings is 1. The van der Waals surface area contributed by atoms with Gasteiger partial charge in [0.2, 0.25) is 11.7 Å². The number of carbonyl (C=O) groups excluding carboxylic acids is 2. The van der Waals surface area contributed by atoms with Crippen LogP contribution in [0.3, 0.4) is 0 Å². The van der Waals surface area contributed by atoms with Gasteiger partial charge in [0.1, 0.15) is 6.54 Å². The molecule has 1 aromatic carbocycles. The van der Waals surface area contributed by atoms with E-state index in [1.165, 1.54) is 25.0 Å². The van der Waals surface area contributed by atoms with Crippen LogP contribution in [0, 0.1) is 17.0 Å². The third kappa shape index (κ3) is 5.61. The molecule has 0 spiro atoms. The SMILES string of the molecule is COc1ccc(-c2noc(C(=O)NCCNC(=O)Cn3nc([N+](=O)[O-])cc3C)n2)cc1OC. The van der Waals surface area contributed by atoms with Crippen molar-refractivity contribution in [3.63, 3.8) is 0 Å². The van der Waals surface area contributed by atoms with Crippen molar-refractivity contribution in [1.29, 1.82) is 0 Å². The maximum Gasteiger partial charge on any atom is 0.390 e. The summed E-state index contributed by atoms with van der Waals surface area (Å²) in [4.78, 5) is 38.4. The number of aromatic nitrogens is 4. The van der Waals surface area contributed by atoms with Crippen LogP contribution >= 0.6 is 0 Å². The number of carbonyl (C=O) groups is 2. The average Bonchev–Trinajstić information content (AvgIpc) is 3.43. The summed E-state index contributed by atoms with van der Waals surface area (Å²) in [6.45, 7) is 1.63. The third-order valence-electron chi connectivity index (χ3n) is 4.44. The maximum atomic E-state index is 12.2. The highest BCUT2D eigenvalue weighted by Gasteiger charge is 2.19. The molecule has 0 saturated heterocycles. The second-order valence-corrected chi connectivity index (χ2v) is 6.66. The molecule has 0 aliphatic heterocycles. The summed E-state index contributed by atoms with van der Waals surface area (Å²) in [6.07, 6.45) is 0. The van der Waals surface area contributed by atoms with Gasteiger partial charge in [-0.05, 0) is 30.0 Å². The van der Waals surface area contributed by atoms with E-state index in [9.17, 15) is 19.7 Å². The molecule has 0 aliphatic carbocycles. The number of ether oxygens (including phenoxy) is 2. The van der Waals surface area contributed by atoms with Crippen molar-refractivity contribution in [3.8, 4) is 22.9 Å². The molecule has 14 nitrogen and oxygen atoms in total. The fourth-order valence-corrected chi connectivity index (χ4v) is 2.80. The molecule has 0 unspecified atom stereocenters. The van der Waals surface area contributed by atoms with Crippen LogP contribution in [0.2, 0.25) is 0 Å². The van der Waals surface area contributed by atoms with Crippen LogP contribution in [0.4, 0.5) is 5.82 Å². The van der Waals surface area contributed by atoms with E-state index >= 15 is 0 Å². The second kappa shape index (κ2) is 10.2. The lowest BCUT2D eigenvalue weighted by atomic mass is 10.2. The molecule has 0 fully saturated rings. The first kappa shape index (κ1) is 23.2. The van der Waals surface area contributed by atoms with E-state index in [0.717, 1.165) is 0 Å². The van der Waals surface area contributed by atoms with Crippen molar-refractivity contribution in [2.45, 2.75) is 13.5 Å². The molecule has 33 heavy (non-hydrogen) atoms. The minimum Gasteiger partial charge on any atom is -0.493 e. The monoisotopic (exact) mass is 459 g/mol. The highest BCUT2D eigenvalue weighted by molar-refractivity contribution is 5.90. The van der Waals surface area contributed by atoms with Gasteiger partial charge >= 0.3 is 17.6 Å². The highest BCUT2D eigenvalue weighted by Crippen LogP contribution is 2.31. The van der Waals surface area contributed by atoms with Crippen molar-refractivity contribution in [1.82, 2.24) is 30.6 Å². The van der Waals surface area contributed by atoms with Gasteiger partial charge < -0.3 is 34.7 Å². The first-order valence-corrected chi connectivity index (χ1v) is 9.62. The summed E-state index contributed by atoms with van der Waals surface area (Å²) < 4.78 is 16.6. The summed E-state index contributed by atoms with van der Waals surface area (Å²) in [6, 6.07) is 6.29. The highest BCUT2D eigenvalue weighted by atomic mass is 16.6. The molecule has 2 aromatic heterocycles. The van der Waals surface area contributed by atoms with Crippen molar-refractivity contribution in [3.05, 3.63) is 46.0 Å². The number of methoxy groups -OCH3 is 2. The van der Waals surface area contributed by atoms with Crippen LogP contribution in [0.25, 0.3) is 11.4 Å². The van der Waals surface area contributed by atoms with Crippen molar-refractivity contribution < 1.29 is 28.5 Å². The lowest BCUT2D eigenvalue weighted by molar-refractivity contribution is -0.389. The molecule has 0 radical (unpaired) electrons. The standard InChI is InChI=1S/C19H21N7O7/c1-11-8-15(26(29)30)23-25(11)10-16(27)20-6-7-21-18(28)19-22-17(24-33-19)12-4-5-13(31-2)14(9-12)32-3/h4-5,8-9H,6-7,10H2,1-3H3,(H,20,27)(H,21,28). The van der Waals surface area contributed by atoms with Gasteiger partial charge in [0.15, 0.2) is 11.5 Å². The normalized spacial score (nSPS) is 10.5. The molecule has 0 aliphatic rings. The number of nitrogens with one attached hydrogen (secondary N) is 2. The Labute approximate surface area is 187 Å². The van der Waals surface area contributed by atoms with Gasteiger partial charge in [-0.25, -0.2) is 0 Å². The fourth-order valence-electron chi connectivity index (χ4n) is 2.80. The summed E-state index contributed by atoms with van der Waals surface area (Å²) in [7, 11) is 3.01. The minimum atomic E-state index is -0.634. The Kier molecular flexibility index (Phi) is 7.17. The molecule has 2 N–H and O–H groups in total. The van der Waals surface area contributed by atoms with E-state index in [2.05, 4.69) is 25.9 Å². The van der Waals surface area contributed by atoms with E-state index in [0.29, 0.717) is 22.8 Å². The zero-order chi connectivity index (χ0) is 24.0. The van der Waals surface area contributed by atoms with Crippen LogP contribution in [0.1, 0.15) is 16.4 Å². The molecule has 14 heteroatoms. The van der Waals surface area contributed by atoms with Gasteiger partial charge in [-0.15, -0.1) is 0 Å². The van der Waals surface area contributed by atoms with Gasteiger partial charge in [0.05, 0.1) is 31.1 Å². The Balaban J connectivity index is 1.48. The number of nitrogens with zero attached hydrogens (tertiary/aromatic N) is 5. The summed E-state index contributed by atoms with van der Waals surface area (Å²) in [5.74, 6) is -0.406. The molecule has 2 amide bonds. The molecule has 174 valence electrons. The zero-order valence-electron chi connectivity index (χ0n) is 18.0. The largest absolute Gasteiger partial charge is 0.493 e. The topological polar surface area (TPSA) is 177 Å². The van der Waals surface area contributed by atoms with Crippen molar-refractivity contribution in [2.75, 3.05) is 27.3 Å². The van der Waals surface area contributed by atoms with Crippen LogP contribution in [-0.2, 0) is 11.3 Å². The molecule has 0 bridgehead atoms. The van der Waals surface area contributed by atoms with Gasteiger partial charge in [0.25, 0.3) is 0 Å². The van der Waals surface area contributed by atoms with Gasteiger partial charge in [0, 0.05) is 18.7 Å². The van der Waals surface area contributed by atoms with Crippen molar-refractivity contribution in [2.24, 2.45) is 0 Å². The average molecular weight is 459 g/mol. The van der Waals surface area contributed by atoms with Gasteiger partial charge in [-0.3, -0.25) is 9.59 Å². The Morgan fingerprint density at radius 3 is 2.55 bits per heavy atom. The maximum absolute atomic E-state index is 12.2. The fraction of sp³-hybridized carbons (Fsp3) is 0.316. The summed E-state index contributed by atoms with van der Waals surface area (Å²) >= 11 is 0. The van der Waals surface area contributed by atoms with Gasteiger partial charge in [-0.2, -0.15) is 9.67 Å². The summed E-state index contributed by atoms with van der Waals surface area (Å²) in [5, 5.41) is 23.4. The van der Waals surface area contributed by atoms with E-state index in [4.69, 9.17) is 14.0 Å². The lowest BCUT2D eigenvalue weighted by Gasteiger charge is -2.07. The number of hydrogen-bond donors (Lipinski definition) is 2. The second-order valence-electron chi connectivity index (χ2n) is 6.66. The van der Waals surface area contributed by atoms with Gasteiger partial charge in [-0.1, -0.05) is 5.16 Å². The molecule has 3 rings (SSSR count). The zero-order valence-corrected chi connectivity index (χ0v) is 18.0. The summed E-state index contributed by atoms with van der Waals surface area (Å²) in [5.41, 5.74) is 1.05. The number of nitro groups is 1. The minimum absolute atomic E-state index is 0.0941. The number of aryl methyl sites for hydroxylation is 1. The Hall–Kier alpha value is -4.49. The first-order chi connectivity index (χ1) is 15.8. The quantitative estimate of drug-likeness (QED) is 0.249. The van der Waals surface area contributed by atoms with Crippen molar-refractivity contribution >= 4 is 17.6 Å². The smallest absolute Gasteiger partial charge is 0.390 e. The molecular weight excluding hydrogens is 438 g/mol. The molecule has 0 saturated carbocycles. The molecule has 3 aromatic rings. The predicted molar refractivity (Wildman–Crippen MR) is 112 cm³/mol. The number of hydrogen-bond acceptors (Lipinski definition) is 10. The molecular formula is C19H21N7O7. The van der Waals surface area contributed by atoms with E-state index in [1.807, 2.05) is 0 Å². The third-order valence-corrected chi connectivity index (χ3v) is 4.44. The van der Waals surface area contributed by atoms with E-state index in [1.54, 1.807) is 25.1 Å². The van der Waals surface area contributed by atoms with Crippen LogP contribution < -0.4 is 20.1 Å². The van der Waals surface area contributed by atoms with Crippen LogP contribution in [0.5, 0.6) is 11.5 Å². The molecule has 0 atom stereocenters. The Bertz CT molecular complexity index is 1170. The number of amides is 2. The number of rotatable bonds is 10. The Morgan fingerprint density at radius 2 is 1.88 bits per heavy atom. The first-order valence-electron chi connectivity index (χ1n) is 9.62. The van der Waals surface area contributed by atoms with Crippen LogP contribution in [0.15, 0.2) is 28.8 Å². The van der Waals surface area contributed by atoms with E-state index in [-0.39, 0.29) is 37.2 Å².